The van der Waals surface area contributed by atoms with E-state index in [1.165, 1.54) is 29.5 Å². The molecular formula is C9H10ClFN4. The van der Waals surface area contributed by atoms with E-state index in [0.717, 1.165) is 5.69 Å². The van der Waals surface area contributed by atoms with Gasteiger partial charge in [0.1, 0.15) is 18.5 Å². The van der Waals surface area contributed by atoms with E-state index in [2.05, 4.69) is 15.4 Å². The van der Waals surface area contributed by atoms with Crippen molar-refractivity contribution in [3.63, 3.8) is 0 Å². The van der Waals surface area contributed by atoms with Crippen LogP contribution in [-0.2, 0) is 0 Å². The van der Waals surface area contributed by atoms with Crippen LogP contribution in [0.25, 0.3) is 5.69 Å². The van der Waals surface area contributed by atoms with Crippen molar-refractivity contribution in [2.75, 3.05) is 12.4 Å². The molecule has 2 aromatic rings. The maximum atomic E-state index is 13.0. The van der Waals surface area contributed by atoms with Gasteiger partial charge in [0, 0.05) is 13.1 Å². The first-order chi connectivity index (χ1) is 6.81. The minimum atomic E-state index is -0.297. The summed E-state index contributed by atoms with van der Waals surface area (Å²) in [4.78, 5) is 3.81. The van der Waals surface area contributed by atoms with E-state index < -0.39 is 0 Å². The summed E-state index contributed by atoms with van der Waals surface area (Å²) in [7, 11) is 1.77. The van der Waals surface area contributed by atoms with Crippen LogP contribution in [0.2, 0.25) is 0 Å². The molecule has 2 rings (SSSR count). The van der Waals surface area contributed by atoms with Crippen molar-refractivity contribution in [2.24, 2.45) is 0 Å². The Morgan fingerprint density at radius 3 is 2.80 bits per heavy atom. The maximum Gasteiger partial charge on any atom is 0.138 e. The van der Waals surface area contributed by atoms with Crippen LogP contribution in [-0.4, -0.2) is 21.8 Å². The molecule has 0 saturated carbocycles. The highest BCUT2D eigenvalue weighted by molar-refractivity contribution is 5.85. The van der Waals surface area contributed by atoms with E-state index in [-0.39, 0.29) is 18.2 Å². The lowest BCUT2D eigenvalue weighted by atomic mass is 10.2. The molecule has 0 aliphatic heterocycles. The normalized spacial score (nSPS) is 9.47. The van der Waals surface area contributed by atoms with Crippen molar-refractivity contribution in [3.8, 4) is 5.69 Å². The highest BCUT2D eigenvalue weighted by Crippen LogP contribution is 2.19. The number of benzene rings is 1. The summed E-state index contributed by atoms with van der Waals surface area (Å²) in [6, 6.07) is 4.46. The zero-order chi connectivity index (χ0) is 9.97. The molecular weight excluding hydrogens is 219 g/mol. The van der Waals surface area contributed by atoms with Crippen LogP contribution >= 0.6 is 12.4 Å². The fraction of sp³-hybridized carbons (Fsp3) is 0.111. The Kier molecular flexibility index (Phi) is 3.62. The molecule has 1 heterocycles. The smallest absolute Gasteiger partial charge is 0.138 e. The summed E-state index contributed by atoms with van der Waals surface area (Å²) in [5.74, 6) is -0.297. The summed E-state index contributed by atoms with van der Waals surface area (Å²) >= 11 is 0. The number of rotatable bonds is 2. The monoisotopic (exact) mass is 228 g/mol. The SMILES string of the molecule is CNc1ccc(F)cc1-n1cncn1.Cl. The number of halogens is 2. The van der Waals surface area contributed by atoms with Crippen molar-refractivity contribution in [1.29, 1.82) is 0 Å². The van der Waals surface area contributed by atoms with Crippen LogP contribution in [0, 0.1) is 5.82 Å². The third-order valence-corrected chi connectivity index (χ3v) is 1.89. The highest BCUT2D eigenvalue weighted by atomic mass is 35.5. The minimum absolute atomic E-state index is 0. The van der Waals surface area contributed by atoms with Gasteiger partial charge in [-0.15, -0.1) is 12.4 Å². The van der Waals surface area contributed by atoms with Gasteiger partial charge in [-0.3, -0.25) is 0 Å². The van der Waals surface area contributed by atoms with Gasteiger partial charge in [0.2, 0.25) is 0 Å². The Labute approximate surface area is 92.5 Å². The van der Waals surface area contributed by atoms with Crippen molar-refractivity contribution < 1.29 is 4.39 Å². The van der Waals surface area contributed by atoms with Gasteiger partial charge in [-0.2, -0.15) is 5.10 Å². The highest BCUT2D eigenvalue weighted by Gasteiger charge is 2.04. The largest absolute Gasteiger partial charge is 0.386 e. The molecule has 1 aromatic heterocycles. The fourth-order valence-electron chi connectivity index (χ4n) is 1.24. The van der Waals surface area contributed by atoms with Crippen LogP contribution in [0.1, 0.15) is 0 Å². The van der Waals surface area contributed by atoms with Crippen molar-refractivity contribution >= 4 is 18.1 Å². The van der Waals surface area contributed by atoms with Crippen LogP contribution in [0.4, 0.5) is 10.1 Å². The minimum Gasteiger partial charge on any atom is -0.386 e. The number of anilines is 1. The molecule has 0 fully saturated rings. The molecule has 0 radical (unpaired) electrons. The first kappa shape index (κ1) is 11.5. The van der Waals surface area contributed by atoms with E-state index in [4.69, 9.17) is 0 Å². The summed E-state index contributed by atoms with van der Waals surface area (Å²) in [6.07, 6.45) is 2.93. The number of nitrogens with zero attached hydrogens (tertiary/aromatic N) is 3. The van der Waals surface area contributed by atoms with E-state index in [1.807, 2.05) is 0 Å². The molecule has 4 nitrogen and oxygen atoms in total. The second kappa shape index (κ2) is 4.75. The predicted octanol–water partition coefficient (Wildman–Crippen LogP) is 1.87. The Hall–Kier alpha value is -1.62. The van der Waals surface area contributed by atoms with Gasteiger partial charge in [-0.25, -0.2) is 14.1 Å². The van der Waals surface area contributed by atoms with Crippen molar-refractivity contribution in [3.05, 3.63) is 36.7 Å². The second-order valence-electron chi connectivity index (χ2n) is 2.75. The average Bonchev–Trinajstić information content (AvgIpc) is 2.70. The van der Waals surface area contributed by atoms with Gasteiger partial charge in [0.05, 0.1) is 11.4 Å². The molecule has 80 valence electrons. The molecule has 1 aromatic carbocycles. The van der Waals surface area contributed by atoms with Crippen molar-refractivity contribution in [1.82, 2.24) is 14.8 Å². The Balaban J connectivity index is 0.00000112. The topological polar surface area (TPSA) is 42.7 Å². The van der Waals surface area contributed by atoms with Gasteiger partial charge in [-0.05, 0) is 12.1 Å². The fourth-order valence-corrected chi connectivity index (χ4v) is 1.24. The third kappa shape index (κ3) is 2.24. The lowest BCUT2D eigenvalue weighted by Crippen LogP contribution is -2.01. The molecule has 1 N–H and O–H groups in total. The average molecular weight is 229 g/mol. The Morgan fingerprint density at radius 2 is 2.20 bits per heavy atom. The summed E-state index contributed by atoms with van der Waals surface area (Å²) in [5, 5.41) is 6.89. The quantitative estimate of drug-likeness (QED) is 0.854. The predicted molar refractivity (Wildman–Crippen MR) is 58.1 cm³/mol. The number of hydrogen-bond donors (Lipinski definition) is 1. The number of hydrogen-bond acceptors (Lipinski definition) is 3. The van der Waals surface area contributed by atoms with Gasteiger partial charge in [0.25, 0.3) is 0 Å². The standard InChI is InChI=1S/C9H9FN4.ClH/c1-11-8-3-2-7(10)4-9(8)14-6-12-5-13-14;/h2-6,11H,1H3;1H. The molecule has 15 heavy (non-hydrogen) atoms. The first-order valence-corrected chi connectivity index (χ1v) is 4.13. The Morgan fingerprint density at radius 1 is 1.40 bits per heavy atom. The first-order valence-electron chi connectivity index (χ1n) is 4.13. The lowest BCUT2D eigenvalue weighted by Gasteiger charge is -2.07. The number of nitrogens with one attached hydrogen (secondary N) is 1. The van der Waals surface area contributed by atoms with Gasteiger partial charge in [-0.1, -0.05) is 0 Å². The molecule has 0 aliphatic carbocycles. The van der Waals surface area contributed by atoms with Crippen LogP contribution < -0.4 is 5.32 Å². The van der Waals surface area contributed by atoms with Crippen molar-refractivity contribution in [2.45, 2.75) is 0 Å². The van der Waals surface area contributed by atoms with E-state index >= 15 is 0 Å². The van der Waals surface area contributed by atoms with Gasteiger partial charge >= 0.3 is 0 Å². The summed E-state index contributed by atoms with van der Waals surface area (Å²) in [5.41, 5.74) is 1.45. The molecule has 6 heteroatoms. The van der Waals surface area contributed by atoms with Crippen LogP contribution in [0.3, 0.4) is 0 Å². The summed E-state index contributed by atoms with van der Waals surface area (Å²) in [6.45, 7) is 0. The van der Waals surface area contributed by atoms with Gasteiger partial charge in [0.15, 0.2) is 0 Å². The molecule has 0 atom stereocenters. The van der Waals surface area contributed by atoms with Gasteiger partial charge < -0.3 is 5.32 Å². The van der Waals surface area contributed by atoms with Crippen LogP contribution in [0.15, 0.2) is 30.9 Å². The number of aromatic nitrogens is 3. The molecule has 0 saturated heterocycles. The van der Waals surface area contributed by atoms with E-state index in [1.54, 1.807) is 13.1 Å². The zero-order valence-electron chi connectivity index (χ0n) is 8.01. The zero-order valence-corrected chi connectivity index (χ0v) is 8.83. The van der Waals surface area contributed by atoms with E-state index in [0.29, 0.717) is 5.69 Å². The van der Waals surface area contributed by atoms with E-state index in [9.17, 15) is 4.39 Å². The molecule has 0 spiro atoms. The molecule has 0 bridgehead atoms. The Bertz CT molecular complexity index is 430. The molecule has 0 amide bonds. The second-order valence-corrected chi connectivity index (χ2v) is 2.75. The summed E-state index contributed by atoms with van der Waals surface area (Å²) < 4.78 is 14.5. The maximum absolute atomic E-state index is 13.0. The molecule has 0 aliphatic rings. The lowest BCUT2D eigenvalue weighted by molar-refractivity contribution is 0.625. The third-order valence-electron chi connectivity index (χ3n) is 1.89. The molecule has 0 unspecified atom stereocenters. The van der Waals surface area contributed by atoms with Crippen LogP contribution in [0.5, 0.6) is 0 Å².